The van der Waals surface area contributed by atoms with Crippen LogP contribution in [0.2, 0.25) is 0 Å². The Kier molecular flexibility index (Phi) is 16.7. The molecular weight excluding hydrogens is 578 g/mol. The summed E-state index contributed by atoms with van der Waals surface area (Å²) in [4.78, 5) is 69.6. The van der Waals surface area contributed by atoms with E-state index in [0.717, 1.165) is 0 Å². The van der Waals surface area contributed by atoms with Gasteiger partial charge in [-0.1, -0.05) is 0 Å². The molecule has 0 radical (unpaired) electrons. The van der Waals surface area contributed by atoms with E-state index < -0.39 is 47.9 Å². The third-order valence-electron chi connectivity index (χ3n) is 6.05. The van der Waals surface area contributed by atoms with E-state index in [9.17, 15) is 24.3 Å². The van der Waals surface area contributed by atoms with Crippen molar-refractivity contribution >= 4 is 41.6 Å². The summed E-state index contributed by atoms with van der Waals surface area (Å²) < 4.78 is 0. The molecule has 0 saturated heterocycles. The first-order chi connectivity index (χ1) is 20.8. The van der Waals surface area contributed by atoms with Crippen LogP contribution in [0, 0.1) is 0 Å². The van der Waals surface area contributed by atoms with Gasteiger partial charge in [0.05, 0.1) is 12.4 Å². The molecule has 0 bridgehead atoms. The zero-order valence-electron chi connectivity index (χ0n) is 24.4. The Balaban J connectivity index is 3.07. The van der Waals surface area contributed by atoms with E-state index in [1.807, 2.05) is 0 Å². The SMILES string of the molecule is NC(N)=NCCCC(N)C(=O)NC(CCCN=C(N)N)C(=O)NC(CCCN=C(N)N)C(=O)NC(Cc1cnc[nH]1)C(=O)O. The first-order valence-corrected chi connectivity index (χ1v) is 13.8. The molecule has 0 aliphatic carbocycles. The van der Waals surface area contributed by atoms with Crippen LogP contribution in [0.3, 0.4) is 0 Å². The zero-order valence-corrected chi connectivity index (χ0v) is 24.4. The Morgan fingerprint density at radius 2 is 1.16 bits per heavy atom. The Morgan fingerprint density at radius 3 is 1.57 bits per heavy atom. The van der Waals surface area contributed by atoms with E-state index in [2.05, 4.69) is 40.9 Å². The van der Waals surface area contributed by atoms with Crippen molar-refractivity contribution in [3.63, 3.8) is 0 Å². The normalized spacial score (nSPS) is 13.3. The third kappa shape index (κ3) is 15.7. The molecular formula is C24H45N15O5. The lowest BCUT2D eigenvalue weighted by Gasteiger charge is -2.25. The van der Waals surface area contributed by atoms with Crippen molar-refractivity contribution in [1.29, 1.82) is 0 Å². The number of aromatic nitrogens is 2. The largest absolute Gasteiger partial charge is 0.480 e. The Bertz CT molecular complexity index is 1140. The fraction of sp³-hybridized carbons (Fsp3) is 0.583. The number of H-pyrrole nitrogens is 1. The van der Waals surface area contributed by atoms with Crippen molar-refractivity contribution in [2.45, 2.75) is 69.1 Å². The van der Waals surface area contributed by atoms with Crippen LogP contribution < -0.4 is 56.1 Å². The molecule has 246 valence electrons. The summed E-state index contributed by atoms with van der Waals surface area (Å²) in [5, 5.41) is 17.3. The highest BCUT2D eigenvalue weighted by atomic mass is 16.4. The van der Waals surface area contributed by atoms with E-state index in [1.165, 1.54) is 12.5 Å². The second-order valence-electron chi connectivity index (χ2n) is 9.76. The summed E-state index contributed by atoms with van der Waals surface area (Å²) in [5.41, 5.74) is 38.5. The lowest BCUT2D eigenvalue weighted by Crippen LogP contribution is -2.57. The molecule has 1 rings (SSSR count). The minimum atomic E-state index is -1.33. The van der Waals surface area contributed by atoms with Crippen molar-refractivity contribution < 1.29 is 24.3 Å². The lowest BCUT2D eigenvalue weighted by molar-refractivity contribution is -0.142. The van der Waals surface area contributed by atoms with Crippen LogP contribution in [0.1, 0.15) is 44.2 Å². The first kappa shape index (κ1) is 36.9. The van der Waals surface area contributed by atoms with E-state index in [-0.39, 0.29) is 69.6 Å². The number of guanidine groups is 3. The van der Waals surface area contributed by atoms with Gasteiger partial charge < -0.3 is 66.2 Å². The number of carbonyl (C=O) groups is 4. The van der Waals surface area contributed by atoms with Gasteiger partial charge in [-0.15, -0.1) is 0 Å². The maximum Gasteiger partial charge on any atom is 0.326 e. The topological polar surface area (TPSA) is 372 Å². The number of nitrogens with one attached hydrogen (secondary N) is 4. The first-order valence-electron chi connectivity index (χ1n) is 13.8. The highest BCUT2D eigenvalue weighted by molar-refractivity contribution is 5.94. The molecule has 0 aromatic carbocycles. The van der Waals surface area contributed by atoms with Gasteiger partial charge in [-0.05, 0) is 38.5 Å². The number of nitrogens with two attached hydrogens (primary N) is 7. The lowest BCUT2D eigenvalue weighted by atomic mass is 10.1. The third-order valence-corrected chi connectivity index (χ3v) is 6.05. The van der Waals surface area contributed by atoms with Crippen molar-refractivity contribution in [1.82, 2.24) is 25.9 Å². The maximum absolute atomic E-state index is 13.4. The maximum atomic E-state index is 13.4. The number of nitrogens with zero attached hydrogens (tertiary/aromatic N) is 4. The van der Waals surface area contributed by atoms with E-state index in [0.29, 0.717) is 18.5 Å². The number of aliphatic carboxylic acids is 1. The quantitative estimate of drug-likeness (QED) is 0.0347. The van der Waals surface area contributed by atoms with Crippen molar-refractivity contribution in [3.8, 4) is 0 Å². The molecule has 20 heteroatoms. The van der Waals surface area contributed by atoms with Crippen LogP contribution in [0.15, 0.2) is 27.5 Å². The molecule has 0 saturated carbocycles. The second-order valence-corrected chi connectivity index (χ2v) is 9.76. The predicted octanol–water partition coefficient (Wildman–Crippen LogP) is -5.02. The van der Waals surface area contributed by atoms with Gasteiger partial charge in [0.2, 0.25) is 17.7 Å². The number of carboxylic acids is 1. The van der Waals surface area contributed by atoms with E-state index in [4.69, 9.17) is 40.1 Å². The highest BCUT2D eigenvalue weighted by Gasteiger charge is 2.30. The smallest absolute Gasteiger partial charge is 0.326 e. The van der Waals surface area contributed by atoms with Crippen LogP contribution in [0.25, 0.3) is 0 Å². The van der Waals surface area contributed by atoms with E-state index >= 15 is 0 Å². The monoisotopic (exact) mass is 623 g/mol. The minimum absolute atomic E-state index is 0.0454. The van der Waals surface area contributed by atoms with Crippen LogP contribution >= 0.6 is 0 Å². The van der Waals surface area contributed by atoms with Crippen LogP contribution in [-0.2, 0) is 25.6 Å². The average molecular weight is 624 g/mol. The molecule has 4 atom stereocenters. The molecule has 1 aromatic rings. The molecule has 3 amide bonds. The number of hydrogen-bond donors (Lipinski definition) is 12. The second kappa shape index (κ2) is 19.9. The zero-order chi connectivity index (χ0) is 33.1. The van der Waals surface area contributed by atoms with Gasteiger partial charge in [-0.2, -0.15) is 0 Å². The number of aromatic amines is 1. The highest BCUT2D eigenvalue weighted by Crippen LogP contribution is 2.07. The van der Waals surface area contributed by atoms with Crippen LogP contribution in [-0.4, -0.2) is 100 Å². The Hall–Kier alpha value is -5.14. The van der Waals surface area contributed by atoms with Gasteiger partial charge in [0.25, 0.3) is 0 Å². The molecule has 0 aliphatic heterocycles. The molecule has 1 aromatic heterocycles. The number of carboxylic acid groups (broad SMARTS) is 1. The number of hydrogen-bond acceptors (Lipinski definition) is 9. The molecule has 19 N–H and O–H groups in total. The molecule has 44 heavy (non-hydrogen) atoms. The standard InChI is InChI=1S/C24H45N15O5/c25-14(4-1-7-33-22(26)27)18(40)37-15(5-2-8-34-23(28)29)19(41)38-16(6-3-9-35-24(30)31)20(42)39-17(21(43)44)10-13-11-32-12-36-13/h11-12,14-17H,1-10,25H2,(H,32,36)(H,37,40)(H,38,41)(H,39,42)(H,43,44)(H4,26,27,33)(H4,28,29,34)(H4,30,31,35). The van der Waals surface area contributed by atoms with Gasteiger partial charge >= 0.3 is 5.97 Å². The summed E-state index contributed by atoms with van der Waals surface area (Å²) in [6.07, 6.45) is 4.05. The summed E-state index contributed by atoms with van der Waals surface area (Å²) in [6.45, 7) is 0.578. The van der Waals surface area contributed by atoms with Crippen LogP contribution in [0.5, 0.6) is 0 Å². The molecule has 0 aliphatic rings. The summed E-state index contributed by atoms with van der Waals surface area (Å²) in [6, 6.07) is -4.64. The molecule has 20 nitrogen and oxygen atoms in total. The Morgan fingerprint density at radius 1 is 0.727 bits per heavy atom. The fourth-order valence-corrected chi connectivity index (χ4v) is 3.83. The molecule has 0 spiro atoms. The summed E-state index contributed by atoms with van der Waals surface area (Å²) >= 11 is 0. The van der Waals surface area contributed by atoms with E-state index in [1.54, 1.807) is 0 Å². The number of rotatable bonds is 21. The van der Waals surface area contributed by atoms with Gasteiger partial charge in [0.15, 0.2) is 17.9 Å². The average Bonchev–Trinajstić information content (AvgIpc) is 3.46. The van der Waals surface area contributed by atoms with Gasteiger partial charge in [-0.3, -0.25) is 29.4 Å². The van der Waals surface area contributed by atoms with Gasteiger partial charge in [-0.25, -0.2) is 9.78 Å². The van der Waals surface area contributed by atoms with Crippen molar-refractivity contribution in [2.24, 2.45) is 55.1 Å². The number of amides is 3. The van der Waals surface area contributed by atoms with Gasteiger partial charge in [0, 0.05) is 37.9 Å². The number of aliphatic imine (C=N–C) groups is 3. The molecule has 0 fully saturated rings. The van der Waals surface area contributed by atoms with Crippen molar-refractivity contribution in [2.75, 3.05) is 19.6 Å². The summed E-state index contributed by atoms with van der Waals surface area (Å²) in [5.74, 6) is -3.77. The van der Waals surface area contributed by atoms with Crippen molar-refractivity contribution in [3.05, 3.63) is 18.2 Å². The van der Waals surface area contributed by atoms with Crippen LogP contribution in [0.4, 0.5) is 0 Å². The minimum Gasteiger partial charge on any atom is -0.480 e. The van der Waals surface area contributed by atoms with Gasteiger partial charge in [0.1, 0.15) is 18.1 Å². The number of carbonyl (C=O) groups excluding carboxylic acids is 3. The summed E-state index contributed by atoms with van der Waals surface area (Å²) in [7, 11) is 0. The fourth-order valence-electron chi connectivity index (χ4n) is 3.83. The predicted molar refractivity (Wildman–Crippen MR) is 163 cm³/mol. The Labute approximate surface area is 254 Å². The molecule has 4 unspecified atom stereocenters. The number of imidazole rings is 1. The molecule has 1 heterocycles.